The Balaban J connectivity index is 2.76. The fourth-order valence-corrected chi connectivity index (χ4v) is 1.83. The Morgan fingerprint density at radius 2 is 2.06 bits per heavy atom. The van der Waals surface area contributed by atoms with Crippen molar-refractivity contribution < 1.29 is 24.5 Å². The van der Waals surface area contributed by atoms with Crippen LogP contribution in [0.4, 0.5) is 0 Å². The minimum absolute atomic E-state index is 0.186. The molecular weight excluding hydrogens is 283 g/mol. The summed E-state index contributed by atoms with van der Waals surface area (Å²) in [7, 11) is 1.45. The number of hydrogen-bond donors (Lipinski definition) is 2. The van der Waals surface area contributed by atoms with Crippen LogP contribution in [0.2, 0.25) is 10.0 Å². The highest BCUT2D eigenvalue weighted by molar-refractivity contribution is 6.34. The van der Waals surface area contributed by atoms with E-state index >= 15 is 0 Å². The lowest BCUT2D eigenvalue weighted by Crippen LogP contribution is -2.13. The number of methoxy groups -OCH3 is 1. The topological polar surface area (TPSA) is 76.0 Å². The Hall–Kier alpha value is -1.01. The average molecular weight is 295 g/mol. The van der Waals surface area contributed by atoms with E-state index in [1.54, 1.807) is 0 Å². The van der Waals surface area contributed by atoms with Crippen LogP contribution in [-0.4, -0.2) is 36.5 Å². The van der Waals surface area contributed by atoms with E-state index in [4.69, 9.17) is 37.8 Å². The van der Waals surface area contributed by atoms with E-state index in [0.717, 1.165) is 0 Å². The van der Waals surface area contributed by atoms with Gasteiger partial charge in [-0.2, -0.15) is 0 Å². The molecule has 18 heavy (non-hydrogen) atoms. The summed E-state index contributed by atoms with van der Waals surface area (Å²) in [5.74, 6) is -0.717. The van der Waals surface area contributed by atoms with Gasteiger partial charge in [-0.25, -0.2) is 4.79 Å². The van der Waals surface area contributed by atoms with Gasteiger partial charge in [0.1, 0.15) is 18.5 Å². The molecule has 0 aliphatic rings. The van der Waals surface area contributed by atoms with E-state index in [9.17, 15) is 9.90 Å². The largest absolute Gasteiger partial charge is 0.495 e. The molecule has 1 aromatic rings. The molecule has 0 radical (unpaired) electrons. The quantitative estimate of drug-likeness (QED) is 0.841. The molecule has 1 rings (SSSR count). The fourth-order valence-electron chi connectivity index (χ4n) is 1.30. The van der Waals surface area contributed by atoms with Crippen molar-refractivity contribution in [2.75, 3.05) is 20.3 Å². The van der Waals surface area contributed by atoms with E-state index in [-0.39, 0.29) is 11.6 Å². The van der Waals surface area contributed by atoms with Gasteiger partial charge in [-0.3, -0.25) is 0 Å². The van der Waals surface area contributed by atoms with E-state index < -0.39 is 18.7 Å². The van der Waals surface area contributed by atoms with E-state index in [0.29, 0.717) is 16.3 Å². The molecule has 2 N–H and O–H groups in total. The molecule has 5 nitrogen and oxygen atoms in total. The number of aliphatic hydroxyl groups is 1. The number of carboxylic acids is 1. The van der Waals surface area contributed by atoms with Gasteiger partial charge in [0, 0.05) is 11.6 Å². The molecule has 1 atom stereocenters. The molecule has 0 saturated heterocycles. The van der Waals surface area contributed by atoms with Crippen LogP contribution >= 0.6 is 23.2 Å². The molecular formula is C11H12Cl2O5. The maximum Gasteiger partial charge on any atom is 0.329 e. The standard InChI is InChI=1S/C11H12Cl2O5/c1-17-10-3-7(12)6(2-8(10)13)9(14)4-18-5-11(15)16/h2-3,9,14H,4-5H2,1H3,(H,15,16). The Bertz CT molecular complexity index is 436. The molecule has 100 valence electrons. The van der Waals surface area contributed by atoms with Crippen LogP contribution in [0.15, 0.2) is 12.1 Å². The number of aliphatic carboxylic acids is 1. The fraction of sp³-hybridized carbons (Fsp3) is 0.364. The third-order valence-electron chi connectivity index (χ3n) is 2.13. The van der Waals surface area contributed by atoms with Gasteiger partial charge in [0.2, 0.25) is 0 Å². The lowest BCUT2D eigenvalue weighted by molar-refractivity contribution is -0.143. The predicted molar refractivity (Wildman–Crippen MR) is 66.4 cm³/mol. The zero-order chi connectivity index (χ0) is 13.7. The van der Waals surface area contributed by atoms with Gasteiger partial charge in [0.25, 0.3) is 0 Å². The minimum atomic E-state index is -1.11. The zero-order valence-electron chi connectivity index (χ0n) is 9.52. The first-order chi connectivity index (χ1) is 8.45. The molecule has 0 aliphatic heterocycles. The molecule has 0 bridgehead atoms. The number of hydrogen-bond acceptors (Lipinski definition) is 4. The molecule has 7 heteroatoms. The Labute approximate surface area is 114 Å². The van der Waals surface area contributed by atoms with Crippen molar-refractivity contribution in [2.45, 2.75) is 6.10 Å². The summed E-state index contributed by atoms with van der Waals surface area (Å²) in [5, 5.41) is 18.8. The normalized spacial score (nSPS) is 12.2. The van der Waals surface area contributed by atoms with Gasteiger partial charge < -0.3 is 19.7 Å². The zero-order valence-corrected chi connectivity index (χ0v) is 11.0. The number of aliphatic hydroxyl groups excluding tert-OH is 1. The van der Waals surface area contributed by atoms with Gasteiger partial charge in [0.15, 0.2) is 0 Å². The SMILES string of the molecule is COc1cc(Cl)c(C(O)COCC(=O)O)cc1Cl. The molecule has 1 unspecified atom stereocenters. The second-order valence-electron chi connectivity index (χ2n) is 3.43. The highest BCUT2D eigenvalue weighted by atomic mass is 35.5. The molecule has 0 aromatic heterocycles. The number of carboxylic acid groups (broad SMARTS) is 1. The molecule has 1 aromatic carbocycles. The molecule has 0 fully saturated rings. The summed E-state index contributed by atoms with van der Waals surface area (Å²) < 4.78 is 9.75. The number of benzene rings is 1. The Kier molecular flexibility index (Phi) is 5.68. The first-order valence-electron chi connectivity index (χ1n) is 4.96. The highest BCUT2D eigenvalue weighted by Crippen LogP contribution is 2.33. The minimum Gasteiger partial charge on any atom is -0.495 e. The second kappa shape index (κ2) is 6.80. The van der Waals surface area contributed by atoms with Crippen molar-refractivity contribution >= 4 is 29.2 Å². The first kappa shape index (κ1) is 15.0. The Morgan fingerprint density at radius 1 is 1.39 bits per heavy atom. The number of rotatable bonds is 6. The summed E-state index contributed by atoms with van der Waals surface area (Å²) in [5.41, 5.74) is 0.354. The maximum absolute atomic E-state index is 10.3. The highest BCUT2D eigenvalue weighted by Gasteiger charge is 2.15. The lowest BCUT2D eigenvalue weighted by atomic mass is 10.1. The second-order valence-corrected chi connectivity index (χ2v) is 4.25. The van der Waals surface area contributed by atoms with Crippen molar-refractivity contribution in [3.8, 4) is 5.75 Å². The van der Waals surface area contributed by atoms with Gasteiger partial charge >= 0.3 is 5.97 Å². The molecule has 0 heterocycles. The molecule has 0 aliphatic carbocycles. The summed E-state index contributed by atoms with van der Waals surface area (Å²) in [6, 6.07) is 2.93. The van der Waals surface area contributed by atoms with E-state index in [1.165, 1.54) is 19.2 Å². The smallest absolute Gasteiger partial charge is 0.329 e. The molecule has 0 spiro atoms. The van der Waals surface area contributed by atoms with Gasteiger partial charge in [-0.15, -0.1) is 0 Å². The van der Waals surface area contributed by atoms with Crippen molar-refractivity contribution in [3.63, 3.8) is 0 Å². The molecule has 0 amide bonds. The van der Waals surface area contributed by atoms with Crippen molar-refractivity contribution in [1.82, 2.24) is 0 Å². The van der Waals surface area contributed by atoms with Crippen LogP contribution in [0.1, 0.15) is 11.7 Å². The summed E-state index contributed by atoms with van der Waals surface area (Å²) >= 11 is 11.8. The van der Waals surface area contributed by atoms with Crippen LogP contribution in [0, 0.1) is 0 Å². The summed E-state index contributed by atoms with van der Waals surface area (Å²) in [4.78, 5) is 10.3. The average Bonchev–Trinajstić information content (AvgIpc) is 2.30. The summed E-state index contributed by atoms with van der Waals surface area (Å²) in [6.45, 7) is -0.673. The number of carbonyl (C=O) groups is 1. The first-order valence-corrected chi connectivity index (χ1v) is 5.71. The third kappa shape index (κ3) is 4.03. The van der Waals surface area contributed by atoms with Gasteiger partial charge in [-0.1, -0.05) is 23.2 Å². The number of ether oxygens (including phenoxy) is 2. The van der Waals surface area contributed by atoms with Gasteiger partial charge in [0.05, 0.1) is 23.8 Å². The van der Waals surface area contributed by atoms with Crippen LogP contribution in [0.25, 0.3) is 0 Å². The predicted octanol–water partition coefficient (Wildman–Crippen LogP) is 2.14. The Morgan fingerprint density at radius 3 is 2.61 bits per heavy atom. The van der Waals surface area contributed by atoms with Crippen LogP contribution < -0.4 is 4.74 Å². The lowest BCUT2D eigenvalue weighted by Gasteiger charge is -2.14. The van der Waals surface area contributed by atoms with Crippen LogP contribution in [0.3, 0.4) is 0 Å². The van der Waals surface area contributed by atoms with Crippen LogP contribution in [0.5, 0.6) is 5.75 Å². The van der Waals surface area contributed by atoms with Gasteiger partial charge in [-0.05, 0) is 6.07 Å². The van der Waals surface area contributed by atoms with E-state index in [1.807, 2.05) is 0 Å². The van der Waals surface area contributed by atoms with Crippen molar-refractivity contribution in [1.29, 1.82) is 0 Å². The third-order valence-corrected chi connectivity index (χ3v) is 2.75. The maximum atomic E-state index is 10.3. The van der Waals surface area contributed by atoms with Crippen molar-refractivity contribution in [3.05, 3.63) is 27.7 Å². The molecule has 0 saturated carbocycles. The monoisotopic (exact) mass is 294 g/mol. The van der Waals surface area contributed by atoms with Crippen LogP contribution in [-0.2, 0) is 9.53 Å². The number of halogens is 2. The summed E-state index contributed by atoms with van der Waals surface area (Å²) in [6.07, 6.45) is -1.06. The van der Waals surface area contributed by atoms with E-state index in [2.05, 4.69) is 0 Å². The van der Waals surface area contributed by atoms with Crippen molar-refractivity contribution in [2.24, 2.45) is 0 Å².